The summed E-state index contributed by atoms with van der Waals surface area (Å²) in [5.41, 5.74) is 5.80. The molecule has 1 aromatic rings. The third-order valence-corrected chi connectivity index (χ3v) is 4.75. The molecule has 1 heterocycles. The van der Waals surface area contributed by atoms with Gasteiger partial charge in [0.2, 0.25) is 0 Å². The fourth-order valence-electron chi connectivity index (χ4n) is 3.47. The van der Waals surface area contributed by atoms with E-state index in [1.165, 1.54) is 56.2 Å². The first-order valence-electron chi connectivity index (χ1n) is 7.28. The van der Waals surface area contributed by atoms with Crippen molar-refractivity contribution in [2.45, 2.75) is 56.9 Å². The van der Waals surface area contributed by atoms with Crippen molar-refractivity contribution in [1.82, 2.24) is 10.4 Å². The molecule has 0 aliphatic heterocycles. The monoisotopic (exact) mass is 245 g/mol. The number of fused-ring (bicyclic) bond motifs is 1. The predicted octanol–water partition coefficient (Wildman–Crippen LogP) is 2.52. The van der Waals surface area contributed by atoms with Gasteiger partial charge in [-0.15, -0.1) is 0 Å². The molecule has 3 nitrogen and oxygen atoms in total. The quantitative estimate of drug-likeness (QED) is 0.633. The third kappa shape index (κ3) is 2.29. The number of nitrogens with one attached hydrogen (secondary N) is 1. The van der Waals surface area contributed by atoms with E-state index < -0.39 is 0 Å². The fraction of sp³-hybridized carbons (Fsp3) is 0.667. The van der Waals surface area contributed by atoms with Crippen LogP contribution in [0.3, 0.4) is 0 Å². The molecule has 98 valence electrons. The van der Waals surface area contributed by atoms with Crippen LogP contribution in [0.15, 0.2) is 18.3 Å². The number of hydrogen-bond donors (Lipinski definition) is 2. The van der Waals surface area contributed by atoms with Gasteiger partial charge in [0, 0.05) is 23.9 Å². The van der Waals surface area contributed by atoms with E-state index in [4.69, 9.17) is 5.84 Å². The van der Waals surface area contributed by atoms with Crippen molar-refractivity contribution in [2.75, 3.05) is 0 Å². The molecular formula is C15H23N3. The van der Waals surface area contributed by atoms with Gasteiger partial charge in [-0.25, -0.2) is 0 Å². The Hall–Kier alpha value is -0.930. The topological polar surface area (TPSA) is 50.9 Å². The van der Waals surface area contributed by atoms with Gasteiger partial charge in [0.05, 0.1) is 0 Å². The Balaban J connectivity index is 1.77. The average Bonchev–Trinajstić information content (AvgIpc) is 2.38. The van der Waals surface area contributed by atoms with E-state index in [1.807, 2.05) is 6.20 Å². The summed E-state index contributed by atoms with van der Waals surface area (Å²) in [6.07, 6.45) is 11.0. The van der Waals surface area contributed by atoms with Crippen LogP contribution in [0.2, 0.25) is 0 Å². The van der Waals surface area contributed by atoms with E-state index in [-0.39, 0.29) is 0 Å². The molecule has 2 atom stereocenters. The molecule has 0 saturated heterocycles. The minimum Gasteiger partial charge on any atom is -0.271 e. The van der Waals surface area contributed by atoms with E-state index in [2.05, 4.69) is 22.5 Å². The van der Waals surface area contributed by atoms with Gasteiger partial charge in [-0.3, -0.25) is 16.3 Å². The van der Waals surface area contributed by atoms with Gasteiger partial charge in [0.25, 0.3) is 0 Å². The van der Waals surface area contributed by atoms with Crippen molar-refractivity contribution in [3.8, 4) is 0 Å². The van der Waals surface area contributed by atoms with Crippen LogP contribution in [-0.4, -0.2) is 11.0 Å². The maximum atomic E-state index is 5.81. The highest BCUT2D eigenvalue weighted by molar-refractivity contribution is 5.27. The molecule has 2 unspecified atom stereocenters. The van der Waals surface area contributed by atoms with Crippen molar-refractivity contribution in [2.24, 2.45) is 11.8 Å². The third-order valence-electron chi connectivity index (χ3n) is 4.75. The van der Waals surface area contributed by atoms with E-state index >= 15 is 0 Å². The SMILES string of the molecule is NNC(CC1CCC1)C1CCCc2cccnc21. The standard InChI is InChI=1S/C15H23N3/c16-18-14(10-11-4-1-5-11)13-8-2-6-12-7-3-9-17-15(12)13/h3,7,9,11,13-14,18H,1-2,4-6,8,10,16H2. The first-order chi connectivity index (χ1) is 8.88. The zero-order valence-electron chi connectivity index (χ0n) is 10.9. The van der Waals surface area contributed by atoms with Crippen LogP contribution in [0.4, 0.5) is 0 Å². The zero-order valence-corrected chi connectivity index (χ0v) is 10.9. The average molecular weight is 245 g/mol. The fourth-order valence-corrected chi connectivity index (χ4v) is 3.47. The molecule has 18 heavy (non-hydrogen) atoms. The number of hydrogen-bond acceptors (Lipinski definition) is 3. The second kappa shape index (κ2) is 5.37. The minimum absolute atomic E-state index is 0.407. The van der Waals surface area contributed by atoms with E-state index in [1.54, 1.807) is 0 Å². The van der Waals surface area contributed by atoms with Gasteiger partial charge in [-0.05, 0) is 43.2 Å². The first-order valence-corrected chi connectivity index (χ1v) is 7.28. The Morgan fingerprint density at radius 3 is 2.94 bits per heavy atom. The van der Waals surface area contributed by atoms with Crippen LogP contribution in [0, 0.1) is 5.92 Å². The molecule has 1 aromatic heterocycles. The Kier molecular flexibility index (Phi) is 3.62. The summed E-state index contributed by atoms with van der Waals surface area (Å²) >= 11 is 0. The van der Waals surface area contributed by atoms with Crippen LogP contribution in [0.25, 0.3) is 0 Å². The summed E-state index contributed by atoms with van der Waals surface area (Å²) in [4.78, 5) is 4.63. The molecule has 0 bridgehead atoms. The van der Waals surface area contributed by atoms with E-state index in [9.17, 15) is 0 Å². The lowest BCUT2D eigenvalue weighted by Crippen LogP contribution is -2.43. The highest BCUT2D eigenvalue weighted by Gasteiger charge is 2.31. The minimum atomic E-state index is 0.407. The Bertz CT molecular complexity index is 400. The van der Waals surface area contributed by atoms with Crippen molar-refractivity contribution in [3.63, 3.8) is 0 Å². The van der Waals surface area contributed by atoms with Gasteiger partial charge in [-0.1, -0.05) is 25.3 Å². The van der Waals surface area contributed by atoms with Crippen LogP contribution in [-0.2, 0) is 6.42 Å². The summed E-state index contributed by atoms with van der Waals surface area (Å²) < 4.78 is 0. The molecular weight excluding hydrogens is 222 g/mol. The summed E-state index contributed by atoms with van der Waals surface area (Å²) in [5.74, 6) is 7.21. The second-order valence-corrected chi connectivity index (χ2v) is 5.85. The molecule has 0 amide bonds. The van der Waals surface area contributed by atoms with Crippen LogP contribution < -0.4 is 11.3 Å². The van der Waals surface area contributed by atoms with Crippen molar-refractivity contribution in [1.29, 1.82) is 0 Å². The Labute approximate surface area is 109 Å². The van der Waals surface area contributed by atoms with Gasteiger partial charge in [0.15, 0.2) is 0 Å². The highest BCUT2D eigenvalue weighted by atomic mass is 15.2. The first kappa shape index (κ1) is 12.1. The van der Waals surface area contributed by atoms with E-state index in [0.717, 1.165) is 5.92 Å². The molecule has 0 spiro atoms. The maximum absolute atomic E-state index is 5.81. The Morgan fingerprint density at radius 1 is 1.33 bits per heavy atom. The van der Waals surface area contributed by atoms with Gasteiger partial charge in [0.1, 0.15) is 0 Å². The number of nitrogens with two attached hydrogens (primary N) is 1. The number of nitrogens with zero attached hydrogens (tertiary/aromatic N) is 1. The molecule has 3 N–H and O–H groups in total. The lowest BCUT2D eigenvalue weighted by molar-refractivity contribution is 0.236. The summed E-state index contributed by atoms with van der Waals surface area (Å²) in [5, 5.41) is 0. The molecule has 2 aliphatic carbocycles. The highest BCUT2D eigenvalue weighted by Crippen LogP contribution is 2.38. The van der Waals surface area contributed by atoms with Gasteiger partial charge < -0.3 is 0 Å². The number of rotatable bonds is 4. The molecule has 0 radical (unpaired) electrons. The molecule has 2 aliphatic rings. The molecule has 0 aromatic carbocycles. The second-order valence-electron chi connectivity index (χ2n) is 5.85. The van der Waals surface area contributed by atoms with Gasteiger partial charge >= 0.3 is 0 Å². The van der Waals surface area contributed by atoms with E-state index in [0.29, 0.717) is 12.0 Å². The van der Waals surface area contributed by atoms with Crippen LogP contribution in [0.1, 0.15) is 55.7 Å². The number of aromatic nitrogens is 1. The molecule has 1 saturated carbocycles. The molecule has 3 rings (SSSR count). The summed E-state index contributed by atoms with van der Waals surface area (Å²) in [7, 11) is 0. The predicted molar refractivity (Wildman–Crippen MR) is 73.0 cm³/mol. The zero-order chi connectivity index (χ0) is 12.4. The number of aryl methyl sites for hydroxylation is 1. The Morgan fingerprint density at radius 2 is 2.22 bits per heavy atom. The smallest absolute Gasteiger partial charge is 0.0482 e. The molecule has 1 fully saturated rings. The van der Waals surface area contributed by atoms with Crippen molar-refractivity contribution in [3.05, 3.63) is 29.6 Å². The maximum Gasteiger partial charge on any atom is 0.0482 e. The van der Waals surface area contributed by atoms with Crippen molar-refractivity contribution >= 4 is 0 Å². The van der Waals surface area contributed by atoms with Gasteiger partial charge in [-0.2, -0.15) is 0 Å². The number of hydrazine groups is 1. The van der Waals surface area contributed by atoms with Crippen LogP contribution in [0.5, 0.6) is 0 Å². The lowest BCUT2D eigenvalue weighted by Gasteiger charge is -2.35. The summed E-state index contributed by atoms with van der Waals surface area (Å²) in [6, 6.07) is 4.69. The lowest BCUT2D eigenvalue weighted by atomic mass is 9.74. The normalized spacial score (nSPS) is 25.3. The molecule has 3 heteroatoms. The number of pyridine rings is 1. The summed E-state index contributed by atoms with van der Waals surface area (Å²) in [6.45, 7) is 0. The largest absolute Gasteiger partial charge is 0.271 e. The van der Waals surface area contributed by atoms with Crippen LogP contribution >= 0.6 is 0 Å². The van der Waals surface area contributed by atoms with Crippen molar-refractivity contribution < 1.29 is 0 Å².